The quantitative estimate of drug-likeness (QED) is 0.923. The SMILES string of the molecule is Cc1cscc1CNC1=NCC(c2ccccc2)S1. The van der Waals surface area contributed by atoms with Crippen LogP contribution in [0.2, 0.25) is 0 Å². The Morgan fingerprint density at radius 2 is 2.11 bits per heavy atom. The summed E-state index contributed by atoms with van der Waals surface area (Å²) in [6.07, 6.45) is 0. The largest absolute Gasteiger partial charge is 0.361 e. The lowest BCUT2D eigenvalue weighted by Crippen LogP contribution is -2.18. The van der Waals surface area contributed by atoms with E-state index in [9.17, 15) is 0 Å². The molecule has 0 fully saturated rings. The van der Waals surface area contributed by atoms with Crippen molar-refractivity contribution in [1.29, 1.82) is 0 Å². The first-order valence-electron chi connectivity index (χ1n) is 6.34. The molecule has 1 atom stereocenters. The van der Waals surface area contributed by atoms with Crippen LogP contribution in [0.15, 0.2) is 46.1 Å². The summed E-state index contributed by atoms with van der Waals surface area (Å²) in [7, 11) is 0. The van der Waals surface area contributed by atoms with E-state index in [1.54, 1.807) is 11.3 Å². The number of aryl methyl sites for hydroxylation is 1. The number of aliphatic imine (C=N–C) groups is 1. The molecule has 0 amide bonds. The van der Waals surface area contributed by atoms with Gasteiger partial charge in [0.15, 0.2) is 5.17 Å². The first-order valence-corrected chi connectivity index (χ1v) is 8.17. The van der Waals surface area contributed by atoms with Crippen LogP contribution in [0, 0.1) is 6.92 Å². The number of nitrogens with zero attached hydrogens (tertiary/aromatic N) is 1. The molecule has 2 heterocycles. The molecule has 4 heteroatoms. The van der Waals surface area contributed by atoms with Crippen LogP contribution in [0.4, 0.5) is 0 Å². The van der Waals surface area contributed by atoms with Gasteiger partial charge in [-0.3, -0.25) is 4.99 Å². The Morgan fingerprint density at radius 3 is 2.84 bits per heavy atom. The van der Waals surface area contributed by atoms with Gasteiger partial charge in [0.1, 0.15) is 0 Å². The lowest BCUT2D eigenvalue weighted by atomic mass is 10.1. The lowest BCUT2D eigenvalue weighted by Gasteiger charge is -2.09. The first-order chi connectivity index (χ1) is 9.33. The van der Waals surface area contributed by atoms with Gasteiger partial charge in [-0.2, -0.15) is 11.3 Å². The average Bonchev–Trinajstić information content (AvgIpc) is 3.06. The second kappa shape index (κ2) is 5.80. The van der Waals surface area contributed by atoms with Crippen LogP contribution in [-0.2, 0) is 6.54 Å². The van der Waals surface area contributed by atoms with E-state index in [0.717, 1.165) is 18.3 Å². The van der Waals surface area contributed by atoms with Gasteiger partial charge in [0.25, 0.3) is 0 Å². The second-order valence-electron chi connectivity index (χ2n) is 4.60. The summed E-state index contributed by atoms with van der Waals surface area (Å²) in [5, 5.41) is 9.37. The minimum absolute atomic E-state index is 0.465. The highest BCUT2D eigenvalue weighted by Crippen LogP contribution is 2.34. The van der Waals surface area contributed by atoms with Crippen LogP contribution in [0.5, 0.6) is 0 Å². The first kappa shape index (κ1) is 12.8. The Labute approximate surface area is 122 Å². The Morgan fingerprint density at radius 1 is 1.26 bits per heavy atom. The van der Waals surface area contributed by atoms with Gasteiger partial charge in [-0.25, -0.2) is 0 Å². The molecule has 19 heavy (non-hydrogen) atoms. The van der Waals surface area contributed by atoms with Crippen LogP contribution in [0.1, 0.15) is 21.9 Å². The second-order valence-corrected chi connectivity index (χ2v) is 6.53. The third-order valence-corrected chi connectivity index (χ3v) is 5.33. The van der Waals surface area contributed by atoms with Crippen molar-refractivity contribution in [1.82, 2.24) is 5.32 Å². The van der Waals surface area contributed by atoms with Crippen molar-refractivity contribution in [2.24, 2.45) is 4.99 Å². The van der Waals surface area contributed by atoms with Crippen molar-refractivity contribution in [2.45, 2.75) is 18.7 Å². The van der Waals surface area contributed by atoms with Crippen molar-refractivity contribution in [3.63, 3.8) is 0 Å². The third kappa shape index (κ3) is 3.01. The monoisotopic (exact) mass is 288 g/mol. The summed E-state index contributed by atoms with van der Waals surface area (Å²) >= 11 is 3.59. The molecular weight excluding hydrogens is 272 g/mol. The summed E-state index contributed by atoms with van der Waals surface area (Å²) in [5.41, 5.74) is 4.09. The zero-order chi connectivity index (χ0) is 13.1. The number of hydrogen-bond donors (Lipinski definition) is 1. The van der Waals surface area contributed by atoms with Gasteiger partial charge in [0.05, 0.1) is 11.8 Å². The highest BCUT2D eigenvalue weighted by atomic mass is 32.2. The molecule has 3 rings (SSSR count). The molecule has 1 unspecified atom stereocenters. The van der Waals surface area contributed by atoms with Gasteiger partial charge in [-0.1, -0.05) is 42.1 Å². The van der Waals surface area contributed by atoms with Crippen molar-refractivity contribution < 1.29 is 0 Å². The summed E-state index contributed by atoms with van der Waals surface area (Å²) in [6, 6.07) is 10.6. The summed E-state index contributed by atoms with van der Waals surface area (Å²) in [5.74, 6) is 0. The molecule has 1 aromatic carbocycles. The number of hydrogen-bond acceptors (Lipinski definition) is 4. The Hall–Kier alpha value is -1.26. The molecule has 0 spiro atoms. The minimum atomic E-state index is 0.465. The Kier molecular flexibility index (Phi) is 3.89. The molecular formula is C15H16N2S2. The van der Waals surface area contributed by atoms with Gasteiger partial charge in [-0.05, 0) is 34.4 Å². The highest BCUT2D eigenvalue weighted by molar-refractivity contribution is 8.14. The van der Waals surface area contributed by atoms with Crippen molar-refractivity contribution in [3.8, 4) is 0 Å². The Bertz CT molecular complexity index is 575. The number of rotatable bonds is 3. The molecule has 2 nitrogen and oxygen atoms in total. The van der Waals surface area contributed by atoms with Gasteiger partial charge in [0, 0.05) is 6.54 Å². The van der Waals surface area contributed by atoms with Crippen LogP contribution < -0.4 is 5.32 Å². The van der Waals surface area contributed by atoms with Crippen molar-refractivity contribution in [2.75, 3.05) is 6.54 Å². The average molecular weight is 288 g/mol. The number of nitrogens with one attached hydrogen (secondary N) is 1. The molecule has 0 saturated carbocycles. The van der Waals surface area contributed by atoms with E-state index < -0.39 is 0 Å². The van der Waals surface area contributed by atoms with Crippen LogP contribution in [0.25, 0.3) is 0 Å². The van der Waals surface area contributed by atoms with Gasteiger partial charge in [-0.15, -0.1) is 0 Å². The standard InChI is InChI=1S/C15H16N2S2/c1-11-9-18-10-13(11)7-16-15-17-8-14(19-15)12-5-3-2-4-6-12/h2-6,9-10,14H,7-8H2,1H3,(H,16,17). The van der Waals surface area contributed by atoms with Crippen LogP contribution in [0.3, 0.4) is 0 Å². The molecule has 1 N–H and O–H groups in total. The van der Waals surface area contributed by atoms with E-state index in [-0.39, 0.29) is 0 Å². The normalized spacial score (nSPS) is 18.4. The minimum Gasteiger partial charge on any atom is -0.361 e. The van der Waals surface area contributed by atoms with E-state index in [1.807, 2.05) is 11.8 Å². The van der Waals surface area contributed by atoms with Crippen LogP contribution in [-0.4, -0.2) is 11.7 Å². The maximum Gasteiger partial charge on any atom is 0.157 e. The molecule has 1 aliphatic rings. The summed E-state index contributed by atoms with van der Waals surface area (Å²) in [4.78, 5) is 4.59. The predicted molar refractivity (Wildman–Crippen MR) is 85.0 cm³/mol. The topological polar surface area (TPSA) is 24.4 Å². The van der Waals surface area contributed by atoms with E-state index >= 15 is 0 Å². The molecule has 1 aliphatic heterocycles. The number of thiophene rings is 1. The van der Waals surface area contributed by atoms with Crippen LogP contribution >= 0.6 is 23.1 Å². The molecule has 2 aromatic rings. The molecule has 0 bridgehead atoms. The van der Waals surface area contributed by atoms with E-state index in [2.05, 4.69) is 58.3 Å². The Balaban J connectivity index is 1.56. The molecule has 0 saturated heterocycles. The van der Waals surface area contributed by atoms with Crippen molar-refractivity contribution in [3.05, 3.63) is 57.8 Å². The van der Waals surface area contributed by atoms with Crippen molar-refractivity contribution >= 4 is 28.3 Å². The molecule has 98 valence electrons. The molecule has 1 aromatic heterocycles. The zero-order valence-corrected chi connectivity index (χ0v) is 12.4. The van der Waals surface area contributed by atoms with Gasteiger partial charge >= 0.3 is 0 Å². The van der Waals surface area contributed by atoms with E-state index in [0.29, 0.717) is 5.25 Å². The van der Waals surface area contributed by atoms with E-state index in [4.69, 9.17) is 0 Å². The maximum atomic E-state index is 4.59. The number of amidine groups is 1. The summed E-state index contributed by atoms with van der Waals surface area (Å²) in [6.45, 7) is 3.91. The third-order valence-electron chi connectivity index (χ3n) is 3.22. The van der Waals surface area contributed by atoms with Gasteiger partial charge < -0.3 is 5.32 Å². The highest BCUT2D eigenvalue weighted by Gasteiger charge is 2.20. The molecule has 0 aliphatic carbocycles. The van der Waals surface area contributed by atoms with Gasteiger partial charge in [0.2, 0.25) is 0 Å². The summed E-state index contributed by atoms with van der Waals surface area (Å²) < 4.78 is 0. The number of benzene rings is 1. The fourth-order valence-corrected chi connectivity index (χ4v) is 3.93. The smallest absolute Gasteiger partial charge is 0.157 e. The number of thioether (sulfide) groups is 1. The predicted octanol–water partition coefficient (Wildman–Crippen LogP) is 3.99. The zero-order valence-electron chi connectivity index (χ0n) is 10.8. The lowest BCUT2D eigenvalue weighted by molar-refractivity contribution is 0.909. The fraction of sp³-hybridized carbons (Fsp3) is 0.267. The maximum absolute atomic E-state index is 4.59. The fourth-order valence-electron chi connectivity index (χ4n) is 2.05. The molecule has 0 radical (unpaired) electrons. The van der Waals surface area contributed by atoms with E-state index in [1.165, 1.54) is 16.7 Å².